The second-order valence-electron chi connectivity index (χ2n) is 3.82. The minimum Gasteiger partial charge on any atom is -0.389 e. The van der Waals surface area contributed by atoms with Crippen LogP contribution in [0.15, 0.2) is 0 Å². The highest BCUT2D eigenvalue weighted by atomic mass is 16.3. The van der Waals surface area contributed by atoms with Gasteiger partial charge in [0.2, 0.25) is 0 Å². The third-order valence-electron chi connectivity index (χ3n) is 2.88. The Morgan fingerprint density at radius 3 is 2.08 bits per heavy atom. The molecule has 0 heterocycles. The maximum Gasteiger partial charge on any atom is 0.0826 e. The van der Waals surface area contributed by atoms with E-state index in [9.17, 15) is 5.11 Å². The number of aliphatic hydroxyl groups is 1. The summed E-state index contributed by atoms with van der Waals surface area (Å²) in [4.78, 5) is 0. The fraction of sp³-hybridized carbons (Fsp3) is 0.900. The van der Waals surface area contributed by atoms with Gasteiger partial charge in [-0.1, -0.05) is 20.3 Å². The number of nitriles is 1. The van der Waals surface area contributed by atoms with Crippen LogP contribution in [0.1, 0.15) is 47.0 Å². The van der Waals surface area contributed by atoms with Crippen LogP contribution in [0.2, 0.25) is 0 Å². The predicted molar refractivity (Wildman–Crippen MR) is 49.5 cm³/mol. The predicted octanol–water partition coefficient (Wildman–Crippen LogP) is 2.48. The Bertz CT molecular complexity index is 181. The highest BCUT2D eigenvalue weighted by molar-refractivity contribution is 5.06. The SMILES string of the molecule is CCCC(C)(O)C(C)(C#N)CC. The molecule has 2 unspecified atom stereocenters. The molecule has 70 valence electrons. The molecule has 0 aromatic rings. The lowest BCUT2D eigenvalue weighted by molar-refractivity contribution is -0.0397. The number of rotatable bonds is 4. The molecule has 0 aromatic heterocycles. The number of nitrogens with zero attached hydrogens (tertiary/aromatic N) is 1. The lowest BCUT2D eigenvalue weighted by Gasteiger charge is -2.36. The highest BCUT2D eigenvalue weighted by Crippen LogP contribution is 2.36. The van der Waals surface area contributed by atoms with E-state index in [0.29, 0.717) is 12.8 Å². The van der Waals surface area contributed by atoms with E-state index in [0.717, 1.165) is 6.42 Å². The van der Waals surface area contributed by atoms with Crippen molar-refractivity contribution in [1.29, 1.82) is 5.26 Å². The fourth-order valence-corrected chi connectivity index (χ4v) is 1.34. The maximum absolute atomic E-state index is 10.0. The minimum absolute atomic E-state index is 0.608. The van der Waals surface area contributed by atoms with Crippen molar-refractivity contribution in [3.05, 3.63) is 0 Å². The van der Waals surface area contributed by atoms with Crippen LogP contribution in [0.3, 0.4) is 0 Å². The first-order chi connectivity index (χ1) is 5.43. The quantitative estimate of drug-likeness (QED) is 0.702. The van der Waals surface area contributed by atoms with Gasteiger partial charge in [0.05, 0.1) is 17.1 Å². The first-order valence-electron chi connectivity index (χ1n) is 4.57. The van der Waals surface area contributed by atoms with E-state index in [1.165, 1.54) is 0 Å². The Balaban J connectivity index is 4.61. The van der Waals surface area contributed by atoms with Crippen LogP contribution in [0, 0.1) is 16.7 Å². The van der Waals surface area contributed by atoms with E-state index < -0.39 is 11.0 Å². The summed E-state index contributed by atoms with van der Waals surface area (Å²) in [5.41, 5.74) is -1.46. The number of hydrogen-bond donors (Lipinski definition) is 1. The summed E-state index contributed by atoms with van der Waals surface area (Å²) in [6.07, 6.45) is 2.28. The van der Waals surface area contributed by atoms with Crippen molar-refractivity contribution in [2.45, 2.75) is 52.6 Å². The van der Waals surface area contributed by atoms with E-state index in [1.54, 1.807) is 6.92 Å². The van der Waals surface area contributed by atoms with Crippen LogP contribution in [0.4, 0.5) is 0 Å². The van der Waals surface area contributed by atoms with Gasteiger partial charge in [0.25, 0.3) is 0 Å². The molecule has 0 radical (unpaired) electrons. The van der Waals surface area contributed by atoms with Gasteiger partial charge >= 0.3 is 0 Å². The Hall–Kier alpha value is -0.550. The summed E-state index contributed by atoms with van der Waals surface area (Å²) in [6, 6.07) is 2.20. The van der Waals surface area contributed by atoms with Gasteiger partial charge in [0.1, 0.15) is 0 Å². The Kier molecular flexibility index (Phi) is 3.73. The first kappa shape index (κ1) is 11.4. The van der Waals surface area contributed by atoms with Crippen molar-refractivity contribution in [3.63, 3.8) is 0 Å². The van der Waals surface area contributed by atoms with Gasteiger partial charge in [0.15, 0.2) is 0 Å². The standard InChI is InChI=1S/C10H19NO/c1-5-7-10(4,12)9(3,6-2)8-11/h12H,5-7H2,1-4H3. The molecule has 0 amide bonds. The molecule has 0 rings (SSSR count). The second-order valence-corrected chi connectivity index (χ2v) is 3.82. The van der Waals surface area contributed by atoms with Crippen molar-refractivity contribution < 1.29 is 5.11 Å². The highest BCUT2D eigenvalue weighted by Gasteiger charge is 2.41. The Morgan fingerprint density at radius 2 is 1.83 bits per heavy atom. The molecule has 0 aromatic carbocycles. The van der Waals surface area contributed by atoms with Gasteiger partial charge in [-0.15, -0.1) is 0 Å². The zero-order chi connectivity index (χ0) is 9.83. The zero-order valence-electron chi connectivity index (χ0n) is 8.52. The molecule has 2 atom stereocenters. The molecule has 0 aliphatic heterocycles. The Morgan fingerprint density at radius 1 is 1.33 bits per heavy atom. The van der Waals surface area contributed by atoms with Gasteiger partial charge in [-0.2, -0.15) is 5.26 Å². The third kappa shape index (κ3) is 1.98. The van der Waals surface area contributed by atoms with Crippen molar-refractivity contribution in [2.75, 3.05) is 0 Å². The molecular formula is C10H19NO. The summed E-state index contributed by atoms with van der Waals surface area (Å²) < 4.78 is 0. The van der Waals surface area contributed by atoms with Gasteiger partial charge in [-0.25, -0.2) is 0 Å². The smallest absolute Gasteiger partial charge is 0.0826 e. The fourth-order valence-electron chi connectivity index (χ4n) is 1.34. The van der Waals surface area contributed by atoms with Crippen LogP contribution < -0.4 is 0 Å². The Labute approximate surface area is 75.2 Å². The molecule has 0 saturated carbocycles. The molecule has 0 aliphatic carbocycles. The molecule has 0 bridgehead atoms. The molecule has 0 saturated heterocycles. The molecule has 0 fully saturated rings. The van der Waals surface area contributed by atoms with Crippen molar-refractivity contribution in [1.82, 2.24) is 0 Å². The molecule has 1 N–H and O–H groups in total. The average molecular weight is 169 g/mol. The minimum atomic E-state index is -0.856. The number of hydrogen-bond acceptors (Lipinski definition) is 2. The van der Waals surface area contributed by atoms with Crippen molar-refractivity contribution in [3.8, 4) is 6.07 Å². The zero-order valence-corrected chi connectivity index (χ0v) is 8.52. The van der Waals surface area contributed by atoms with Crippen molar-refractivity contribution >= 4 is 0 Å². The maximum atomic E-state index is 10.0. The van der Waals surface area contributed by atoms with Crippen LogP contribution in [-0.2, 0) is 0 Å². The summed E-state index contributed by atoms with van der Waals surface area (Å²) in [7, 11) is 0. The normalized spacial score (nSPS) is 20.7. The van der Waals surface area contributed by atoms with E-state index in [4.69, 9.17) is 5.26 Å². The molecular weight excluding hydrogens is 150 g/mol. The van der Waals surface area contributed by atoms with Gasteiger partial charge in [-0.05, 0) is 26.7 Å². The van der Waals surface area contributed by atoms with Gasteiger partial charge < -0.3 is 5.11 Å². The molecule has 2 nitrogen and oxygen atoms in total. The average Bonchev–Trinajstić information content (AvgIpc) is 2.02. The van der Waals surface area contributed by atoms with E-state index in [-0.39, 0.29) is 0 Å². The largest absolute Gasteiger partial charge is 0.389 e. The molecule has 0 spiro atoms. The summed E-state index contributed by atoms with van der Waals surface area (Å²) in [5, 5.41) is 18.9. The summed E-state index contributed by atoms with van der Waals surface area (Å²) in [5.74, 6) is 0. The summed E-state index contributed by atoms with van der Waals surface area (Å²) >= 11 is 0. The van der Waals surface area contributed by atoms with Gasteiger partial charge in [0, 0.05) is 0 Å². The summed E-state index contributed by atoms with van der Waals surface area (Å²) in [6.45, 7) is 7.53. The molecule has 0 aliphatic rings. The lowest BCUT2D eigenvalue weighted by atomic mass is 9.71. The molecule has 2 heteroatoms. The van der Waals surface area contributed by atoms with Crippen LogP contribution in [0.25, 0.3) is 0 Å². The topological polar surface area (TPSA) is 44.0 Å². The molecule has 12 heavy (non-hydrogen) atoms. The van der Waals surface area contributed by atoms with Crippen LogP contribution in [0.5, 0.6) is 0 Å². The van der Waals surface area contributed by atoms with E-state index in [1.807, 2.05) is 20.8 Å². The van der Waals surface area contributed by atoms with E-state index in [2.05, 4.69) is 6.07 Å². The van der Waals surface area contributed by atoms with Crippen LogP contribution >= 0.6 is 0 Å². The monoisotopic (exact) mass is 169 g/mol. The van der Waals surface area contributed by atoms with Crippen LogP contribution in [-0.4, -0.2) is 10.7 Å². The lowest BCUT2D eigenvalue weighted by Crippen LogP contribution is -2.42. The van der Waals surface area contributed by atoms with E-state index >= 15 is 0 Å². The van der Waals surface area contributed by atoms with Crippen molar-refractivity contribution in [2.24, 2.45) is 5.41 Å². The first-order valence-corrected chi connectivity index (χ1v) is 4.57. The van der Waals surface area contributed by atoms with Gasteiger partial charge in [-0.3, -0.25) is 0 Å². The second kappa shape index (κ2) is 3.91. The third-order valence-corrected chi connectivity index (χ3v) is 2.88.